The van der Waals surface area contributed by atoms with E-state index in [1.165, 1.54) is 6.07 Å². The van der Waals surface area contributed by atoms with Gasteiger partial charge in [-0.2, -0.15) is 0 Å². The fourth-order valence-corrected chi connectivity index (χ4v) is 1.92. The molecule has 17 heavy (non-hydrogen) atoms. The monoisotopic (exact) mass is 300 g/mol. The molecule has 3 nitrogen and oxygen atoms in total. The first-order chi connectivity index (χ1) is 8.15. The van der Waals surface area contributed by atoms with Gasteiger partial charge in [0.1, 0.15) is 5.82 Å². The van der Waals surface area contributed by atoms with Crippen molar-refractivity contribution >= 4 is 22.0 Å². The van der Waals surface area contributed by atoms with Gasteiger partial charge in [0.25, 0.3) is 0 Å². The van der Waals surface area contributed by atoms with Crippen molar-refractivity contribution in [3.8, 4) is 0 Å². The lowest BCUT2D eigenvalue weighted by atomic mass is 10.1. The number of amides is 2. The number of rotatable bonds is 4. The molecule has 2 N–H and O–H groups in total. The number of nitrogens with one attached hydrogen (secondary N) is 2. The highest BCUT2D eigenvalue weighted by molar-refractivity contribution is 9.10. The molecule has 1 fully saturated rings. The van der Waals surface area contributed by atoms with Crippen molar-refractivity contribution in [3.63, 3.8) is 0 Å². The van der Waals surface area contributed by atoms with E-state index in [9.17, 15) is 9.18 Å². The second-order valence-electron chi connectivity index (χ2n) is 4.16. The Morgan fingerprint density at radius 1 is 1.47 bits per heavy atom. The van der Waals surface area contributed by atoms with Crippen molar-refractivity contribution in [2.45, 2.75) is 25.3 Å². The molecule has 0 heterocycles. The Bertz CT molecular complexity index is 421. The highest BCUT2D eigenvalue weighted by Crippen LogP contribution is 2.18. The van der Waals surface area contributed by atoms with Crippen LogP contribution in [0.3, 0.4) is 0 Å². The van der Waals surface area contributed by atoms with Gasteiger partial charge in [0, 0.05) is 17.1 Å². The van der Waals surface area contributed by atoms with E-state index in [-0.39, 0.29) is 11.8 Å². The summed E-state index contributed by atoms with van der Waals surface area (Å²) in [6.07, 6.45) is 2.62. The van der Waals surface area contributed by atoms with E-state index >= 15 is 0 Å². The Morgan fingerprint density at radius 2 is 2.24 bits per heavy atom. The predicted molar refractivity (Wildman–Crippen MR) is 67.4 cm³/mol. The Morgan fingerprint density at radius 3 is 2.94 bits per heavy atom. The molecule has 1 aliphatic rings. The molecule has 5 heteroatoms. The van der Waals surface area contributed by atoms with Gasteiger partial charge in [0.15, 0.2) is 0 Å². The number of urea groups is 1. The first kappa shape index (κ1) is 12.4. The average Bonchev–Trinajstić information content (AvgIpc) is 3.07. The van der Waals surface area contributed by atoms with Crippen LogP contribution in [0.25, 0.3) is 0 Å². The minimum Gasteiger partial charge on any atom is -0.338 e. The third-order valence-electron chi connectivity index (χ3n) is 2.60. The first-order valence-electron chi connectivity index (χ1n) is 5.63. The van der Waals surface area contributed by atoms with Crippen LogP contribution >= 0.6 is 15.9 Å². The highest BCUT2D eigenvalue weighted by atomic mass is 79.9. The molecule has 0 saturated heterocycles. The van der Waals surface area contributed by atoms with E-state index in [4.69, 9.17) is 0 Å². The lowest BCUT2D eigenvalue weighted by molar-refractivity contribution is 0.240. The van der Waals surface area contributed by atoms with Crippen molar-refractivity contribution in [1.29, 1.82) is 0 Å². The number of halogens is 2. The van der Waals surface area contributed by atoms with Crippen LogP contribution in [0.1, 0.15) is 18.4 Å². The number of hydrogen-bond donors (Lipinski definition) is 2. The summed E-state index contributed by atoms with van der Waals surface area (Å²) < 4.78 is 14.2. The van der Waals surface area contributed by atoms with Crippen molar-refractivity contribution in [2.24, 2.45) is 0 Å². The Balaban J connectivity index is 1.76. The van der Waals surface area contributed by atoms with Crippen LogP contribution in [0, 0.1) is 5.82 Å². The molecule has 0 unspecified atom stereocenters. The summed E-state index contributed by atoms with van der Waals surface area (Å²) in [6, 6.07) is 4.99. The van der Waals surface area contributed by atoms with Crippen molar-refractivity contribution in [2.75, 3.05) is 6.54 Å². The minimum atomic E-state index is -0.238. The van der Waals surface area contributed by atoms with Crippen molar-refractivity contribution < 1.29 is 9.18 Å². The molecule has 2 rings (SSSR count). The van der Waals surface area contributed by atoms with Gasteiger partial charge in [-0.1, -0.05) is 15.9 Å². The van der Waals surface area contributed by atoms with Gasteiger partial charge < -0.3 is 10.6 Å². The fraction of sp³-hybridized carbons (Fsp3) is 0.417. The average molecular weight is 301 g/mol. The summed E-state index contributed by atoms with van der Waals surface area (Å²) in [7, 11) is 0. The molecular formula is C12H14BrFN2O. The molecule has 0 spiro atoms. The first-order valence-corrected chi connectivity index (χ1v) is 6.43. The molecule has 0 radical (unpaired) electrons. The molecule has 1 aliphatic carbocycles. The summed E-state index contributed by atoms with van der Waals surface area (Å²) in [5, 5.41) is 5.53. The van der Waals surface area contributed by atoms with E-state index < -0.39 is 0 Å². The quantitative estimate of drug-likeness (QED) is 0.882. The molecule has 1 aromatic carbocycles. The SMILES string of the molecule is O=C(NCCc1cc(Br)ccc1F)NC1CC1. The number of hydrogen-bond acceptors (Lipinski definition) is 1. The standard InChI is InChI=1S/C12H14BrFN2O/c13-9-1-4-11(14)8(7-9)5-6-15-12(17)16-10-2-3-10/h1,4,7,10H,2-3,5-6H2,(H2,15,16,17). The summed E-state index contributed by atoms with van der Waals surface area (Å²) >= 11 is 3.29. The molecule has 0 aromatic heterocycles. The van der Waals surface area contributed by atoms with Crippen LogP contribution in [-0.2, 0) is 6.42 Å². The van der Waals surface area contributed by atoms with Crippen LogP contribution in [0.4, 0.5) is 9.18 Å². The summed E-state index contributed by atoms with van der Waals surface area (Å²) in [5.41, 5.74) is 0.603. The van der Waals surface area contributed by atoms with Crippen LogP contribution in [0.15, 0.2) is 22.7 Å². The largest absolute Gasteiger partial charge is 0.338 e. The van der Waals surface area contributed by atoms with Gasteiger partial charge in [0.2, 0.25) is 0 Å². The minimum absolute atomic E-state index is 0.164. The van der Waals surface area contributed by atoms with E-state index in [0.29, 0.717) is 24.6 Å². The molecule has 1 saturated carbocycles. The summed E-state index contributed by atoms with van der Waals surface area (Å²) in [5.74, 6) is -0.238. The van der Waals surface area contributed by atoms with E-state index in [1.807, 2.05) is 0 Å². The molecular weight excluding hydrogens is 287 g/mol. The fourth-order valence-electron chi connectivity index (χ4n) is 1.51. The molecule has 0 aliphatic heterocycles. The van der Waals surface area contributed by atoms with Gasteiger partial charge in [-0.3, -0.25) is 0 Å². The summed E-state index contributed by atoms with van der Waals surface area (Å²) in [4.78, 5) is 11.3. The Labute approximate surface area is 108 Å². The van der Waals surface area contributed by atoms with Crippen LogP contribution in [-0.4, -0.2) is 18.6 Å². The Kier molecular flexibility index (Phi) is 3.99. The van der Waals surface area contributed by atoms with Gasteiger partial charge in [0.05, 0.1) is 0 Å². The van der Waals surface area contributed by atoms with E-state index in [2.05, 4.69) is 26.6 Å². The van der Waals surface area contributed by atoms with Gasteiger partial charge in [-0.25, -0.2) is 9.18 Å². The van der Waals surface area contributed by atoms with Crippen LogP contribution in [0.2, 0.25) is 0 Å². The van der Waals surface area contributed by atoms with Gasteiger partial charge in [-0.15, -0.1) is 0 Å². The van der Waals surface area contributed by atoms with Crippen LogP contribution in [0.5, 0.6) is 0 Å². The molecule has 92 valence electrons. The zero-order valence-electron chi connectivity index (χ0n) is 9.30. The third-order valence-corrected chi connectivity index (χ3v) is 3.09. The third kappa shape index (κ3) is 4.00. The molecule has 2 amide bonds. The van der Waals surface area contributed by atoms with E-state index in [0.717, 1.165) is 17.3 Å². The van der Waals surface area contributed by atoms with Crippen LogP contribution < -0.4 is 10.6 Å². The highest BCUT2D eigenvalue weighted by Gasteiger charge is 2.22. The zero-order chi connectivity index (χ0) is 12.3. The lowest BCUT2D eigenvalue weighted by Gasteiger charge is -2.07. The topological polar surface area (TPSA) is 41.1 Å². The molecule has 0 atom stereocenters. The maximum absolute atomic E-state index is 13.4. The maximum atomic E-state index is 13.4. The smallest absolute Gasteiger partial charge is 0.315 e. The van der Waals surface area contributed by atoms with Gasteiger partial charge >= 0.3 is 6.03 Å². The number of benzene rings is 1. The number of carbonyl (C=O) groups is 1. The van der Waals surface area contributed by atoms with E-state index in [1.54, 1.807) is 12.1 Å². The van der Waals surface area contributed by atoms with Gasteiger partial charge in [-0.05, 0) is 43.0 Å². The second-order valence-corrected chi connectivity index (χ2v) is 5.08. The molecule has 1 aromatic rings. The molecule has 0 bridgehead atoms. The number of carbonyl (C=O) groups excluding carboxylic acids is 1. The maximum Gasteiger partial charge on any atom is 0.315 e. The Hall–Kier alpha value is -1.10. The van der Waals surface area contributed by atoms with Crippen molar-refractivity contribution in [3.05, 3.63) is 34.1 Å². The normalized spacial score (nSPS) is 14.5. The summed E-state index contributed by atoms with van der Waals surface area (Å²) in [6.45, 7) is 0.436. The zero-order valence-corrected chi connectivity index (χ0v) is 10.9. The lowest BCUT2D eigenvalue weighted by Crippen LogP contribution is -2.37. The predicted octanol–water partition coefficient (Wildman–Crippen LogP) is 2.59. The second kappa shape index (κ2) is 5.49. The van der Waals surface area contributed by atoms with Crippen molar-refractivity contribution in [1.82, 2.24) is 10.6 Å².